The third-order valence-electron chi connectivity index (χ3n) is 6.27. The molecule has 1 rings (SSSR count). The number of hydrogen-bond acceptors (Lipinski definition) is 4. The van der Waals surface area contributed by atoms with Crippen LogP contribution in [0, 0.1) is 0 Å². The number of rotatable bonds is 14. The van der Waals surface area contributed by atoms with Crippen molar-refractivity contribution in [1.29, 1.82) is 0 Å². The standard InChI is InChI=1S/C31H48N2O4/c1-9-32(10-2)30(34)36-28-21-22-29(37-31(35)33(11-3)12-4)27(23-28)20-19-26(8)18-14-17-25(7)16-13-15-24(5)6/h15,17,19,21-23H,9-14,16,18,20H2,1-8H3/b25-17+,26-19+. The summed E-state index contributed by atoms with van der Waals surface area (Å²) in [4.78, 5) is 28.3. The molecule has 0 aromatic heterocycles. The zero-order valence-corrected chi connectivity index (χ0v) is 24.4. The molecule has 0 saturated heterocycles. The van der Waals surface area contributed by atoms with Gasteiger partial charge in [0.1, 0.15) is 11.5 Å². The highest BCUT2D eigenvalue weighted by Crippen LogP contribution is 2.27. The highest BCUT2D eigenvalue weighted by Gasteiger charge is 2.17. The van der Waals surface area contributed by atoms with E-state index in [1.165, 1.54) is 16.7 Å². The van der Waals surface area contributed by atoms with Gasteiger partial charge in [0.15, 0.2) is 0 Å². The van der Waals surface area contributed by atoms with Gasteiger partial charge in [-0.3, -0.25) is 0 Å². The predicted octanol–water partition coefficient (Wildman–Crippen LogP) is 8.33. The number of amides is 2. The molecule has 6 heteroatoms. The molecule has 0 atom stereocenters. The summed E-state index contributed by atoms with van der Waals surface area (Å²) < 4.78 is 11.3. The van der Waals surface area contributed by atoms with E-state index >= 15 is 0 Å². The minimum Gasteiger partial charge on any atom is -0.410 e. The molecule has 0 unspecified atom stereocenters. The summed E-state index contributed by atoms with van der Waals surface area (Å²) in [6.07, 6.45) is 10.7. The zero-order chi connectivity index (χ0) is 27.8. The maximum atomic E-state index is 12.6. The zero-order valence-electron chi connectivity index (χ0n) is 24.4. The Balaban J connectivity index is 2.99. The van der Waals surface area contributed by atoms with E-state index in [0.29, 0.717) is 44.1 Å². The van der Waals surface area contributed by atoms with Crippen molar-refractivity contribution in [2.75, 3.05) is 26.2 Å². The van der Waals surface area contributed by atoms with Gasteiger partial charge in [0.2, 0.25) is 0 Å². The van der Waals surface area contributed by atoms with Crippen LogP contribution < -0.4 is 9.47 Å². The SMILES string of the molecule is CCN(CC)C(=O)Oc1ccc(OC(=O)N(CC)CC)c(C/C=C(\C)CC/C=C(\C)CCC=C(C)C)c1. The van der Waals surface area contributed by atoms with Crippen LogP contribution in [0.4, 0.5) is 9.59 Å². The molecule has 0 aliphatic carbocycles. The lowest BCUT2D eigenvalue weighted by molar-refractivity contribution is 0.154. The van der Waals surface area contributed by atoms with E-state index in [4.69, 9.17) is 9.47 Å². The molecular formula is C31H48N2O4. The van der Waals surface area contributed by atoms with Crippen LogP contribution in [0.5, 0.6) is 11.5 Å². The van der Waals surface area contributed by atoms with Gasteiger partial charge in [0.05, 0.1) is 0 Å². The van der Waals surface area contributed by atoms with Gasteiger partial charge in [-0.1, -0.05) is 34.9 Å². The first-order valence-corrected chi connectivity index (χ1v) is 13.7. The van der Waals surface area contributed by atoms with Gasteiger partial charge in [-0.15, -0.1) is 0 Å². The molecule has 0 aliphatic rings. The van der Waals surface area contributed by atoms with Crippen molar-refractivity contribution < 1.29 is 19.1 Å². The number of nitrogens with zero attached hydrogens (tertiary/aromatic N) is 2. The van der Waals surface area contributed by atoms with Gasteiger partial charge in [-0.25, -0.2) is 9.59 Å². The average molecular weight is 513 g/mol. The van der Waals surface area contributed by atoms with Crippen LogP contribution >= 0.6 is 0 Å². The molecular weight excluding hydrogens is 464 g/mol. The minimum absolute atomic E-state index is 0.381. The molecule has 0 fully saturated rings. The molecule has 1 aromatic carbocycles. The Kier molecular flexibility index (Phi) is 15.1. The first kappa shape index (κ1) is 32.0. The third-order valence-corrected chi connectivity index (χ3v) is 6.27. The van der Waals surface area contributed by atoms with E-state index in [1.807, 2.05) is 27.7 Å². The average Bonchev–Trinajstić information content (AvgIpc) is 2.85. The van der Waals surface area contributed by atoms with Crippen molar-refractivity contribution in [1.82, 2.24) is 9.80 Å². The maximum absolute atomic E-state index is 12.6. The van der Waals surface area contributed by atoms with Crippen LogP contribution in [0.1, 0.15) is 86.6 Å². The molecule has 0 N–H and O–H groups in total. The van der Waals surface area contributed by atoms with Crippen molar-refractivity contribution in [3.63, 3.8) is 0 Å². The highest BCUT2D eigenvalue weighted by molar-refractivity contribution is 5.72. The van der Waals surface area contributed by atoms with Crippen LogP contribution in [-0.2, 0) is 6.42 Å². The van der Waals surface area contributed by atoms with E-state index < -0.39 is 0 Å². The second-order valence-electron chi connectivity index (χ2n) is 9.51. The molecule has 0 aliphatic heterocycles. The number of benzene rings is 1. The van der Waals surface area contributed by atoms with E-state index in [-0.39, 0.29) is 12.2 Å². The quantitative estimate of drug-likeness (QED) is 0.235. The second-order valence-corrected chi connectivity index (χ2v) is 9.51. The Morgan fingerprint density at radius 2 is 1.24 bits per heavy atom. The van der Waals surface area contributed by atoms with Crippen LogP contribution in [0.15, 0.2) is 53.1 Å². The third kappa shape index (κ3) is 12.2. The Labute approximate surface area is 225 Å². The fourth-order valence-electron chi connectivity index (χ4n) is 3.79. The molecule has 0 radical (unpaired) electrons. The van der Waals surface area contributed by atoms with Crippen molar-refractivity contribution in [2.24, 2.45) is 0 Å². The molecule has 2 amide bonds. The first-order chi connectivity index (χ1) is 17.6. The van der Waals surface area contributed by atoms with Gasteiger partial charge < -0.3 is 19.3 Å². The van der Waals surface area contributed by atoms with E-state index in [1.54, 1.807) is 28.0 Å². The first-order valence-electron chi connectivity index (χ1n) is 13.7. The fourth-order valence-corrected chi connectivity index (χ4v) is 3.79. The summed E-state index contributed by atoms with van der Waals surface area (Å²) in [5.74, 6) is 0.925. The monoisotopic (exact) mass is 512 g/mol. The van der Waals surface area contributed by atoms with Crippen LogP contribution in [0.2, 0.25) is 0 Å². The van der Waals surface area contributed by atoms with Gasteiger partial charge in [0, 0.05) is 31.7 Å². The van der Waals surface area contributed by atoms with E-state index in [9.17, 15) is 9.59 Å². The van der Waals surface area contributed by atoms with Gasteiger partial charge in [-0.05, 0) is 106 Å². The number of carbonyl (C=O) groups is 2. The second kappa shape index (κ2) is 17.4. The maximum Gasteiger partial charge on any atom is 0.415 e. The topological polar surface area (TPSA) is 59.1 Å². The normalized spacial score (nSPS) is 11.7. The number of carbonyl (C=O) groups excluding carboxylic acids is 2. The lowest BCUT2D eigenvalue weighted by Gasteiger charge is -2.20. The number of ether oxygens (including phenoxy) is 2. The molecule has 206 valence electrons. The molecule has 6 nitrogen and oxygen atoms in total. The summed E-state index contributed by atoms with van der Waals surface area (Å²) in [6, 6.07) is 5.18. The van der Waals surface area contributed by atoms with Gasteiger partial charge >= 0.3 is 12.2 Å². The van der Waals surface area contributed by atoms with Crippen LogP contribution in [-0.4, -0.2) is 48.2 Å². The van der Waals surface area contributed by atoms with Crippen molar-refractivity contribution in [2.45, 2.75) is 87.5 Å². The van der Waals surface area contributed by atoms with Crippen molar-refractivity contribution in [3.05, 3.63) is 58.7 Å². The molecule has 0 spiro atoms. The van der Waals surface area contributed by atoms with E-state index in [2.05, 4.69) is 45.9 Å². The predicted molar refractivity (Wildman–Crippen MR) is 153 cm³/mol. The smallest absolute Gasteiger partial charge is 0.410 e. The summed E-state index contributed by atoms with van der Waals surface area (Å²) in [7, 11) is 0. The summed E-state index contributed by atoms with van der Waals surface area (Å²) in [5.41, 5.74) is 4.84. The number of hydrogen-bond donors (Lipinski definition) is 0. The minimum atomic E-state index is -0.387. The van der Waals surface area contributed by atoms with Crippen LogP contribution in [0.3, 0.4) is 0 Å². The van der Waals surface area contributed by atoms with Gasteiger partial charge in [-0.2, -0.15) is 0 Å². The van der Waals surface area contributed by atoms with Crippen molar-refractivity contribution in [3.8, 4) is 11.5 Å². The van der Waals surface area contributed by atoms with E-state index in [0.717, 1.165) is 31.2 Å². The molecule has 0 bridgehead atoms. The highest BCUT2D eigenvalue weighted by atomic mass is 16.6. The lowest BCUT2D eigenvalue weighted by atomic mass is 10.0. The van der Waals surface area contributed by atoms with Gasteiger partial charge in [0.25, 0.3) is 0 Å². The summed E-state index contributed by atoms with van der Waals surface area (Å²) in [5, 5.41) is 0. The summed E-state index contributed by atoms with van der Waals surface area (Å²) >= 11 is 0. The Morgan fingerprint density at radius 3 is 1.78 bits per heavy atom. The Hall–Kier alpha value is -3.02. The lowest BCUT2D eigenvalue weighted by Crippen LogP contribution is -2.33. The van der Waals surface area contributed by atoms with Crippen molar-refractivity contribution >= 4 is 12.2 Å². The van der Waals surface area contributed by atoms with Crippen LogP contribution in [0.25, 0.3) is 0 Å². The number of allylic oxidation sites excluding steroid dienone is 6. The molecule has 0 saturated carbocycles. The molecule has 37 heavy (non-hydrogen) atoms. The Bertz CT molecular complexity index is 950. The largest absolute Gasteiger partial charge is 0.415 e. The fraction of sp³-hybridized carbons (Fsp3) is 0.548. The molecule has 0 heterocycles. The Morgan fingerprint density at radius 1 is 0.730 bits per heavy atom. The summed E-state index contributed by atoms with van der Waals surface area (Å²) in [6.45, 7) is 18.6. The molecule has 1 aromatic rings.